The highest BCUT2D eigenvalue weighted by Gasteiger charge is 2.33. The number of benzene rings is 2. The zero-order valence-corrected chi connectivity index (χ0v) is 14.1. The van der Waals surface area contributed by atoms with Gasteiger partial charge in [0, 0.05) is 42.4 Å². The highest BCUT2D eigenvalue weighted by molar-refractivity contribution is 5.88. The Balaban J connectivity index is 1.90. The minimum absolute atomic E-state index is 0.104. The van der Waals surface area contributed by atoms with E-state index < -0.39 is 0 Å². The molecule has 2 unspecified atom stereocenters. The molecule has 1 heterocycles. The van der Waals surface area contributed by atoms with Crippen LogP contribution in [-0.4, -0.2) is 10.4 Å². The second kappa shape index (κ2) is 6.27. The standard InChI is InChI=1S/C22H23NO/c1-23-15-19(17-11-5-7-13-20(17)23)22(16-9-3-2-4-10-16)18-12-6-8-14-21(18)24/h2-5,7,9-11,13,15,18,22H,6,8,12,14H2,1H3. The maximum Gasteiger partial charge on any atom is 0.136 e. The van der Waals surface area contributed by atoms with Gasteiger partial charge in [0.15, 0.2) is 0 Å². The number of ketones is 1. The molecule has 0 bridgehead atoms. The average Bonchev–Trinajstić information content (AvgIpc) is 2.95. The van der Waals surface area contributed by atoms with Gasteiger partial charge in [0.05, 0.1) is 0 Å². The van der Waals surface area contributed by atoms with Gasteiger partial charge in [-0.2, -0.15) is 0 Å². The first kappa shape index (κ1) is 15.2. The third-order valence-corrected chi connectivity index (χ3v) is 5.43. The van der Waals surface area contributed by atoms with Gasteiger partial charge < -0.3 is 4.57 Å². The number of nitrogens with zero attached hydrogens (tertiary/aromatic N) is 1. The summed E-state index contributed by atoms with van der Waals surface area (Å²) >= 11 is 0. The minimum Gasteiger partial charge on any atom is -0.350 e. The molecule has 1 fully saturated rings. The number of carbonyl (C=O) groups excluding carboxylic acids is 1. The largest absolute Gasteiger partial charge is 0.350 e. The van der Waals surface area contributed by atoms with Gasteiger partial charge in [0.2, 0.25) is 0 Å². The molecule has 1 aliphatic rings. The summed E-state index contributed by atoms with van der Waals surface area (Å²) in [4.78, 5) is 12.7. The first-order chi connectivity index (χ1) is 11.8. The Labute approximate surface area is 143 Å². The van der Waals surface area contributed by atoms with Crippen LogP contribution in [0.2, 0.25) is 0 Å². The minimum atomic E-state index is 0.104. The fraction of sp³-hybridized carbons (Fsp3) is 0.318. The van der Waals surface area contributed by atoms with E-state index in [-0.39, 0.29) is 11.8 Å². The number of para-hydroxylation sites is 1. The quantitative estimate of drug-likeness (QED) is 0.661. The van der Waals surface area contributed by atoms with Crippen molar-refractivity contribution < 1.29 is 4.79 Å². The summed E-state index contributed by atoms with van der Waals surface area (Å²) in [5, 5.41) is 1.27. The third kappa shape index (κ3) is 2.56. The Kier molecular flexibility index (Phi) is 3.97. The van der Waals surface area contributed by atoms with Gasteiger partial charge in [0.1, 0.15) is 5.78 Å². The lowest BCUT2D eigenvalue weighted by molar-refractivity contribution is -0.125. The van der Waals surface area contributed by atoms with Crippen LogP contribution in [0.25, 0.3) is 10.9 Å². The van der Waals surface area contributed by atoms with Gasteiger partial charge in [-0.25, -0.2) is 0 Å². The molecular weight excluding hydrogens is 294 g/mol. The van der Waals surface area contributed by atoms with E-state index in [0.29, 0.717) is 5.78 Å². The van der Waals surface area contributed by atoms with E-state index in [1.807, 2.05) is 6.07 Å². The molecule has 24 heavy (non-hydrogen) atoms. The average molecular weight is 317 g/mol. The second-order valence-electron chi connectivity index (χ2n) is 6.92. The van der Waals surface area contributed by atoms with Crippen LogP contribution in [0.5, 0.6) is 0 Å². The summed E-state index contributed by atoms with van der Waals surface area (Å²) in [6.07, 6.45) is 6.17. The van der Waals surface area contributed by atoms with Crippen LogP contribution in [0.15, 0.2) is 60.8 Å². The molecule has 2 nitrogen and oxygen atoms in total. The number of hydrogen-bond donors (Lipinski definition) is 0. The normalized spacial score (nSPS) is 19.5. The fourth-order valence-electron chi connectivity index (χ4n) is 4.27. The number of rotatable bonds is 3. The fourth-order valence-corrected chi connectivity index (χ4v) is 4.27. The van der Waals surface area contributed by atoms with Gasteiger partial charge in [-0.05, 0) is 30.0 Å². The van der Waals surface area contributed by atoms with Gasteiger partial charge in [-0.1, -0.05) is 55.0 Å². The van der Waals surface area contributed by atoms with E-state index in [1.54, 1.807) is 0 Å². The molecule has 2 aromatic carbocycles. The Hall–Kier alpha value is -2.35. The van der Waals surface area contributed by atoms with E-state index in [4.69, 9.17) is 0 Å². The molecular formula is C22H23NO. The predicted molar refractivity (Wildman–Crippen MR) is 98.2 cm³/mol. The number of Topliss-reactive ketones (excluding diaryl/α,β-unsaturated/α-hetero) is 1. The number of aromatic nitrogens is 1. The number of aryl methyl sites for hydroxylation is 1. The van der Waals surface area contributed by atoms with E-state index in [0.717, 1.165) is 25.7 Å². The van der Waals surface area contributed by atoms with Crippen LogP contribution in [0.3, 0.4) is 0 Å². The van der Waals surface area contributed by atoms with Crippen molar-refractivity contribution in [2.45, 2.75) is 31.6 Å². The van der Waals surface area contributed by atoms with E-state index in [9.17, 15) is 4.79 Å². The Morgan fingerprint density at radius 2 is 1.75 bits per heavy atom. The molecule has 0 aliphatic heterocycles. The van der Waals surface area contributed by atoms with E-state index in [1.165, 1.54) is 22.0 Å². The number of fused-ring (bicyclic) bond motifs is 1. The van der Waals surface area contributed by atoms with Crippen molar-refractivity contribution in [2.24, 2.45) is 13.0 Å². The highest BCUT2D eigenvalue weighted by atomic mass is 16.1. The molecule has 1 aliphatic carbocycles. The first-order valence-electron chi connectivity index (χ1n) is 8.87. The van der Waals surface area contributed by atoms with Crippen molar-refractivity contribution in [3.63, 3.8) is 0 Å². The summed E-state index contributed by atoms with van der Waals surface area (Å²) in [5.74, 6) is 0.695. The van der Waals surface area contributed by atoms with Crippen LogP contribution in [0.4, 0.5) is 0 Å². The van der Waals surface area contributed by atoms with Crippen molar-refractivity contribution in [1.82, 2.24) is 4.57 Å². The molecule has 0 saturated heterocycles. The zero-order chi connectivity index (χ0) is 16.5. The van der Waals surface area contributed by atoms with Gasteiger partial charge in [-0.3, -0.25) is 4.79 Å². The maximum absolute atomic E-state index is 12.7. The monoisotopic (exact) mass is 317 g/mol. The van der Waals surface area contributed by atoms with Crippen molar-refractivity contribution in [3.05, 3.63) is 71.9 Å². The molecule has 122 valence electrons. The van der Waals surface area contributed by atoms with Crippen molar-refractivity contribution in [1.29, 1.82) is 0 Å². The lowest BCUT2D eigenvalue weighted by Gasteiger charge is -2.29. The Morgan fingerprint density at radius 3 is 2.54 bits per heavy atom. The molecule has 3 aromatic rings. The Bertz CT molecular complexity index is 862. The summed E-state index contributed by atoms with van der Waals surface area (Å²) in [7, 11) is 2.09. The van der Waals surface area contributed by atoms with E-state index in [2.05, 4.69) is 66.3 Å². The topological polar surface area (TPSA) is 22.0 Å². The van der Waals surface area contributed by atoms with Gasteiger partial charge >= 0.3 is 0 Å². The summed E-state index contributed by atoms with van der Waals surface area (Å²) < 4.78 is 2.19. The van der Waals surface area contributed by atoms with Crippen LogP contribution in [-0.2, 0) is 11.8 Å². The van der Waals surface area contributed by atoms with Crippen molar-refractivity contribution in [2.75, 3.05) is 0 Å². The summed E-state index contributed by atoms with van der Waals surface area (Å²) in [5.41, 5.74) is 3.78. The van der Waals surface area contributed by atoms with Crippen molar-refractivity contribution >= 4 is 16.7 Å². The predicted octanol–water partition coefficient (Wildman–Crippen LogP) is 5.07. The smallest absolute Gasteiger partial charge is 0.136 e. The highest BCUT2D eigenvalue weighted by Crippen LogP contribution is 2.41. The molecule has 4 rings (SSSR count). The van der Waals surface area contributed by atoms with Crippen LogP contribution in [0.1, 0.15) is 42.7 Å². The molecule has 2 heteroatoms. The van der Waals surface area contributed by atoms with Gasteiger partial charge in [0.25, 0.3) is 0 Å². The third-order valence-electron chi connectivity index (χ3n) is 5.43. The summed E-state index contributed by atoms with van der Waals surface area (Å²) in [6.45, 7) is 0. The Morgan fingerprint density at radius 1 is 1.00 bits per heavy atom. The first-order valence-corrected chi connectivity index (χ1v) is 8.87. The summed E-state index contributed by atoms with van der Waals surface area (Å²) in [6, 6.07) is 19.1. The molecule has 1 saturated carbocycles. The second-order valence-corrected chi connectivity index (χ2v) is 6.92. The number of carbonyl (C=O) groups is 1. The van der Waals surface area contributed by atoms with Crippen LogP contribution >= 0.6 is 0 Å². The van der Waals surface area contributed by atoms with Gasteiger partial charge in [-0.15, -0.1) is 0 Å². The van der Waals surface area contributed by atoms with Crippen LogP contribution < -0.4 is 0 Å². The molecule has 1 aromatic heterocycles. The van der Waals surface area contributed by atoms with E-state index >= 15 is 0 Å². The molecule has 0 radical (unpaired) electrons. The molecule has 0 N–H and O–H groups in total. The zero-order valence-electron chi connectivity index (χ0n) is 14.1. The SMILES string of the molecule is Cn1cc(C(c2ccccc2)C2CCCCC2=O)c2ccccc21. The lowest BCUT2D eigenvalue weighted by Crippen LogP contribution is -2.26. The maximum atomic E-state index is 12.7. The molecule has 2 atom stereocenters. The van der Waals surface area contributed by atoms with Crippen LogP contribution in [0, 0.1) is 5.92 Å². The number of hydrogen-bond acceptors (Lipinski definition) is 1. The van der Waals surface area contributed by atoms with Crippen molar-refractivity contribution in [3.8, 4) is 0 Å². The lowest BCUT2D eigenvalue weighted by atomic mass is 9.73. The molecule has 0 spiro atoms. The molecule has 0 amide bonds.